The van der Waals surface area contributed by atoms with Crippen molar-refractivity contribution in [2.75, 3.05) is 44.8 Å². The largest absolute Gasteiger partial charge is 0.379 e. The summed E-state index contributed by atoms with van der Waals surface area (Å²) in [5, 5.41) is 6.29. The lowest BCUT2D eigenvalue weighted by Gasteiger charge is -2.44. The molecular weight excluding hydrogens is 466 g/mol. The number of ether oxygens (including phenoxy) is 2. The van der Waals surface area contributed by atoms with E-state index in [-0.39, 0.29) is 23.8 Å². The van der Waals surface area contributed by atoms with Gasteiger partial charge in [-0.1, -0.05) is 24.3 Å². The van der Waals surface area contributed by atoms with E-state index in [1.54, 1.807) is 0 Å². The van der Waals surface area contributed by atoms with Crippen LogP contribution in [0, 0.1) is 6.92 Å². The Morgan fingerprint density at radius 1 is 1.16 bits per heavy atom. The Hall–Kier alpha value is -2.74. The Balaban J connectivity index is 1.29. The maximum atomic E-state index is 13.8. The van der Waals surface area contributed by atoms with Gasteiger partial charge in [-0.05, 0) is 73.9 Å². The van der Waals surface area contributed by atoms with Gasteiger partial charge < -0.3 is 20.1 Å². The van der Waals surface area contributed by atoms with Gasteiger partial charge in [-0.2, -0.15) is 0 Å². The van der Waals surface area contributed by atoms with Gasteiger partial charge >= 0.3 is 0 Å². The second-order valence-corrected chi connectivity index (χ2v) is 11.1. The maximum Gasteiger partial charge on any atom is 0.251 e. The van der Waals surface area contributed by atoms with E-state index in [4.69, 9.17) is 9.47 Å². The molecule has 2 heterocycles. The van der Waals surface area contributed by atoms with Gasteiger partial charge in [0.15, 0.2) is 0 Å². The van der Waals surface area contributed by atoms with Crippen molar-refractivity contribution in [3.05, 3.63) is 64.7 Å². The van der Waals surface area contributed by atoms with Crippen LogP contribution in [0.15, 0.2) is 42.5 Å². The van der Waals surface area contributed by atoms with E-state index in [2.05, 4.69) is 28.5 Å². The maximum absolute atomic E-state index is 13.8. The van der Waals surface area contributed by atoms with Gasteiger partial charge in [0.25, 0.3) is 5.91 Å². The fourth-order valence-corrected chi connectivity index (χ4v) is 6.45. The average molecular weight is 504 g/mol. The Kier molecular flexibility index (Phi) is 6.78. The molecule has 196 valence electrons. The van der Waals surface area contributed by atoms with Crippen LogP contribution >= 0.6 is 0 Å². The van der Waals surface area contributed by atoms with Gasteiger partial charge in [-0.25, -0.2) is 0 Å². The third kappa shape index (κ3) is 4.80. The first-order valence-electron chi connectivity index (χ1n) is 13.8. The Morgan fingerprint density at radius 3 is 2.78 bits per heavy atom. The number of hydrogen-bond acceptors (Lipinski definition) is 5. The van der Waals surface area contributed by atoms with Crippen molar-refractivity contribution in [1.82, 2.24) is 10.2 Å². The standard InChI is InChI=1S/C30H37N3O4/c1-20-6-7-21(28(34)31-22-8-9-22)18-24(20)26-19-23(37-17-14-33-12-15-36-16-13-33)10-11-30(26)25-4-2-3-5-27(25)32-29(30)35/h2-7,18,22-23,26H,8-17,19H2,1H3,(H,31,34)(H,32,35). The Labute approximate surface area is 218 Å². The first-order chi connectivity index (χ1) is 18.0. The van der Waals surface area contributed by atoms with Crippen molar-refractivity contribution < 1.29 is 19.1 Å². The zero-order chi connectivity index (χ0) is 25.4. The quantitative estimate of drug-likeness (QED) is 0.602. The van der Waals surface area contributed by atoms with Gasteiger partial charge in [0.1, 0.15) is 0 Å². The van der Waals surface area contributed by atoms with Crippen LogP contribution in [0.3, 0.4) is 0 Å². The van der Waals surface area contributed by atoms with Crippen molar-refractivity contribution in [2.45, 2.75) is 62.5 Å². The molecule has 0 aromatic heterocycles. The molecule has 7 nitrogen and oxygen atoms in total. The normalized spacial score (nSPS) is 27.6. The van der Waals surface area contributed by atoms with E-state index in [9.17, 15) is 9.59 Å². The monoisotopic (exact) mass is 503 g/mol. The van der Waals surface area contributed by atoms with Crippen LogP contribution in [0.4, 0.5) is 5.69 Å². The second-order valence-electron chi connectivity index (χ2n) is 11.1. The zero-order valence-electron chi connectivity index (χ0n) is 21.6. The predicted octanol–water partition coefficient (Wildman–Crippen LogP) is 3.76. The number of aryl methyl sites for hydroxylation is 1. The summed E-state index contributed by atoms with van der Waals surface area (Å²) in [6.07, 6.45) is 4.48. The Bertz CT molecular complexity index is 1170. The molecule has 3 unspecified atom stereocenters. The fourth-order valence-electron chi connectivity index (χ4n) is 6.45. The van der Waals surface area contributed by atoms with Crippen molar-refractivity contribution in [2.24, 2.45) is 0 Å². The molecular formula is C30H37N3O4. The van der Waals surface area contributed by atoms with Crippen LogP contribution in [0.25, 0.3) is 0 Å². The second kappa shape index (κ2) is 10.2. The predicted molar refractivity (Wildman–Crippen MR) is 142 cm³/mol. The van der Waals surface area contributed by atoms with Gasteiger partial charge in [-0.3, -0.25) is 14.5 Å². The number of anilines is 1. The fraction of sp³-hybridized carbons (Fsp3) is 0.533. The van der Waals surface area contributed by atoms with Crippen molar-refractivity contribution in [3.63, 3.8) is 0 Å². The number of benzene rings is 2. The van der Waals surface area contributed by atoms with Gasteiger partial charge in [0.2, 0.25) is 5.91 Å². The van der Waals surface area contributed by atoms with Crippen LogP contribution in [-0.2, 0) is 19.7 Å². The van der Waals surface area contributed by atoms with E-state index >= 15 is 0 Å². The highest BCUT2D eigenvalue weighted by molar-refractivity contribution is 6.07. The first-order valence-corrected chi connectivity index (χ1v) is 13.8. The van der Waals surface area contributed by atoms with Crippen LogP contribution in [0.5, 0.6) is 0 Å². The molecule has 37 heavy (non-hydrogen) atoms. The molecule has 2 aromatic rings. The molecule has 1 saturated heterocycles. The van der Waals surface area contributed by atoms with Gasteiger partial charge in [-0.15, -0.1) is 0 Å². The van der Waals surface area contributed by atoms with Crippen molar-refractivity contribution >= 4 is 17.5 Å². The zero-order valence-corrected chi connectivity index (χ0v) is 21.6. The number of hydrogen-bond donors (Lipinski definition) is 2. The van der Waals surface area contributed by atoms with E-state index in [0.29, 0.717) is 18.2 Å². The lowest BCUT2D eigenvalue weighted by molar-refractivity contribution is -0.124. The molecule has 3 atom stereocenters. The van der Waals surface area contributed by atoms with Gasteiger partial charge in [0, 0.05) is 42.8 Å². The van der Waals surface area contributed by atoms with E-state index in [0.717, 1.165) is 87.3 Å². The third-order valence-electron chi connectivity index (χ3n) is 8.71. The highest BCUT2D eigenvalue weighted by atomic mass is 16.5. The molecule has 2 aliphatic carbocycles. The lowest BCUT2D eigenvalue weighted by Crippen LogP contribution is -2.47. The van der Waals surface area contributed by atoms with Crippen LogP contribution in [0.2, 0.25) is 0 Å². The molecule has 0 radical (unpaired) electrons. The molecule has 2 saturated carbocycles. The number of para-hydroxylation sites is 1. The van der Waals surface area contributed by atoms with E-state index < -0.39 is 5.41 Å². The minimum atomic E-state index is -0.656. The highest BCUT2D eigenvalue weighted by Crippen LogP contribution is 2.55. The number of carbonyl (C=O) groups is 2. The Morgan fingerprint density at radius 2 is 1.97 bits per heavy atom. The minimum absolute atomic E-state index is 0.0248. The SMILES string of the molecule is Cc1ccc(C(=O)NC2CC2)cc1C1CC(OCCN2CCOCC2)CCC12C(=O)Nc1ccccc12. The summed E-state index contributed by atoms with van der Waals surface area (Å²) in [5.74, 6) is -0.0344. The molecule has 6 rings (SSSR count). The minimum Gasteiger partial charge on any atom is -0.379 e. The molecule has 0 bridgehead atoms. The summed E-state index contributed by atoms with van der Waals surface area (Å²) in [5.41, 5.74) is 4.19. The third-order valence-corrected chi connectivity index (χ3v) is 8.71. The van der Waals surface area contributed by atoms with Gasteiger partial charge in [0.05, 0.1) is 31.3 Å². The highest BCUT2D eigenvalue weighted by Gasteiger charge is 2.55. The summed E-state index contributed by atoms with van der Waals surface area (Å²) >= 11 is 0. The lowest BCUT2D eigenvalue weighted by atomic mass is 9.59. The first kappa shape index (κ1) is 24.6. The summed E-state index contributed by atoms with van der Waals surface area (Å²) < 4.78 is 11.9. The molecule has 2 aliphatic heterocycles. The molecule has 2 amide bonds. The number of morpholine rings is 1. The number of amides is 2. The average Bonchev–Trinajstić information content (AvgIpc) is 3.69. The van der Waals surface area contributed by atoms with Crippen LogP contribution in [-0.4, -0.2) is 68.3 Å². The summed E-state index contributed by atoms with van der Waals surface area (Å²) in [4.78, 5) is 29.1. The number of rotatable bonds is 7. The summed E-state index contributed by atoms with van der Waals surface area (Å²) in [6, 6.07) is 14.4. The molecule has 1 spiro atoms. The number of fused-ring (bicyclic) bond motifs is 2. The van der Waals surface area contributed by atoms with Crippen LogP contribution in [0.1, 0.15) is 65.1 Å². The van der Waals surface area contributed by atoms with E-state index in [1.807, 2.05) is 36.4 Å². The topological polar surface area (TPSA) is 79.9 Å². The molecule has 2 N–H and O–H groups in total. The number of nitrogens with zero attached hydrogens (tertiary/aromatic N) is 1. The van der Waals surface area contributed by atoms with Crippen molar-refractivity contribution in [1.29, 1.82) is 0 Å². The number of nitrogens with one attached hydrogen (secondary N) is 2. The van der Waals surface area contributed by atoms with Crippen molar-refractivity contribution in [3.8, 4) is 0 Å². The molecule has 7 heteroatoms. The van der Waals surface area contributed by atoms with E-state index in [1.165, 1.54) is 0 Å². The molecule has 3 fully saturated rings. The molecule has 4 aliphatic rings. The summed E-state index contributed by atoms with van der Waals surface area (Å²) in [7, 11) is 0. The van der Waals surface area contributed by atoms with Crippen LogP contribution < -0.4 is 10.6 Å². The smallest absolute Gasteiger partial charge is 0.251 e. The number of carbonyl (C=O) groups excluding carboxylic acids is 2. The molecule has 2 aromatic carbocycles. The summed E-state index contributed by atoms with van der Waals surface area (Å²) in [6.45, 7) is 7.13.